The molecule has 0 amide bonds. The molecular weight excluding hydrogens is 394 g/mol. The monoisotopic (exact) mass is 423 g/mol. The lowest BCUT2D eigenvalue weighted by molar-refractivity contribution is -0.116. The summed E-state index contributed by atoms with van der Waals surface area (Å²) in [5, 5.41) is 0. The lowest BCUT2D eigenvalue weighted by Gasteiger charge is -2.17. The lowest BCUT2D eigenvalue weighted by atomic mass is 9.88. The average molecular weight is 424 g/mol. The normalized spacial score (nSPS) is 11.3. The summed E-state index contributed by atoms with van der Waals surface area (Å²) in [6.45, 7) is 0. The number of benzene rings is 3. The van der Waals surface area contributed by atoms with Crippen LogP contribution in [0.3, 0.4) is 0 Å². The number of ketones is 2. The van der Waals surface area contributed by atoms with Crippen LogP contribution in [-0.4, -0.2) is 25.7 Å². The molecule has 162 valence electrons. The van der Waals surface area contributed by atoms with Crippen molar-refractivity contribution < 1.29 is 9.59 Å². The van der Waals surface area contributed by atoms with E-state index in [2.05, 4.69) is 0 Å². The number of anilines is 1. The SMILES string of the molecule is CN(C)c1ccc(C(CC(=O)/C=C/c2ccccc2)CC(=O)/C=C/c2ccccc2)cc1. The van der Waals surface area contributed by atoms with Gasteiger partial charge in [0.25, 0.3) is 0 Å². The van der Waals surface area contributed by atoms with E-state index in [0.717, 1.165) is 22.4 Å². The molecule has 3 aromatic rings. The van der Waals surface area contributed by atoms with E-state index in [1.54, 1.807) is 12.2 Å². The molecule has 0 bridgehead atoms. The van der Waals surface area contributed by atoms with E-state index in [4.69, 9.17) is 0 Å². The first-order valence-electron chi connectivity index (χ1n) is 10.8. The fraction of sp³-hybridized carbons (Fsp3) is 0.172. The Morgan fingerprint density at radius 1 is 0.688 bits per heavy atom. The van der Waals surface area contributed by atoms with Crippen molar-refractivity contribution in [3.8, 4) is 0 Å². The zero-order valence-corrected chi connectivity index (χ0v) is 18.6. The Balaban J connectivity index is 1.74. The van der Waals surface area contributed by atoms with E-state index < -0.39 is 0 Å². The van der Waals surface area contributed by atoms with Crippen LogP contribution in [0.15, 0.2) is 97.1 Å². The molecule has 0 heterocycles. The van der Waals surface area contributed by atoms with Crippen molar-refractivity contribution in [3.05, 3.63) is 114 Å². The molecule has 0 aliphatic carbocycles. The Hall–Kier alpha value is -3.72. The van der Waals surface area contributed by atoms with Crippen molar-refractivity contribution in [2.24, 2.45) is 0 Å². The maximum atomic E-state index is 12.7. The van der Waals surface area contributed by atoms with Gasteiger partial charge in [-0.1, -0.05) is 84.9 Å². The number of carbonyl (C=O) groups is 2. The van der Waals surface area contributed by atoms with E-state index in [-0.39, 0.29) is 30.3 Å². The molecular formula is C29H29NO2. The maximum absolute atomic E-state index is 12.7. The average Bonchev–Trinajstić information content (AvgIpc) is 2.82. The highest BCUT2D eigenvalue weighted by molar-refractivity contribution is 5.96. The zero-order chi connectivity index (χ0) is 22.8. The smallest absolute Gasteiger partial charge is 0.156 e. The highest BCUT2D eigenvalue weighted by Gasteiger charge is 2.18. The van der Waals surface area contributed by atoms with E-state index in [1.165, 1.54) is 0 Å². The number of rotatable bonds is 10. The largest absolute Gasteiger partial charge is 0.378 e. The van der Waals surface area contributed by atoms with Crippen LogP contribution in [-0.2, 0) is 9.59 Å². The van der Waals surface area contributed by atoms with Gasteiger partial charge in [-0.2, -0.15) is 0 Å². The van der Waals surface area contributed by atoms with E-state index in [9.17, 15) is 9.59 Å². The van der Waals surface area contributed by atoms with Crippen LogP contribution >= 0.6 is 0 Å². The molecule has 0 aliphatic rings. The van der Waals surface area contributed by atoms with Crippen molar-refractivity contribution in [1.82, 2.24) is 0 Å². The fourth-order valence-corrected chi connectivity index (χ4v) is 3.48. The first-order valence-corrected chi connectivity index (χ1v) is 10.8. The first kappa shape index (κ1) is 23.0. The molecule has 0 unspecified atom stereocenters. The number of allylic oxidation sites excluding steroid dienone is 2. The van der Waals surface area contributed by atoms with Gasteiger partial charge in [0.15, 0.2) is 11.6 Å². The molecule has 3 heteroatoms. The minimum atomic E-state index is -0.174. The minimum Gasteiger partial charge on any atom is -0.378 e. The van der Waals surface area contributed by atoms with Gasteiger partial charge in [0.2, 0.25) is 0 Å². The van der Waals surface area contributed by atoms with Gasteiger partial charge in [0.1, 0.15) is 0 Å². The summed E-state index contributed by atoms with van der Waals surface area (Å²) < 4.78 is 0. The molecule has 0 radical (unpaired) electrons. The number of carbonyl (C=O) groups excluding carboxylic acids is 2. The van der Waals surface area contributed by atoms with Crippen LogP contribution in [0.25, 0.3) is 12.2 Å². The quantitative estimate of drug-likeness (QED) is 0.365. The molecule has 0 N–H and O–H groups in total. The summed E-state index contributed by atoms with van der Waals surface area (Å²) in [5.74, 6) is -0.155. The Labute approximate surface area is 190 Å². The van der Waals surface area contributed by atoms with Crippen LogP contribution in [0.2, 0.25) is 0 Å². The molecule has 0 fully saturated rings. The van der Waals surface area contributed by atoms with Crippen molar-refractivity contribution in [3.63, 3.8) is 0 Å². The second-order valence-corrected chi connectivity index (χ2v) is 8.01. The van der Waals surface area contributed by atoms with Gasteiger partial charge in [0.05, 0.1) is 0 Å². The molecule has 3 rings (SSSR count). The van der Waals surface area contributed by atoms with Crippen LogP contribution in [0, 0.1) is 0 Å². The van der Waals surface area contributed by atoms with Gasteiger partial charge in [-0.3, -0.25) is 9.59 Å². The maximum Gasteiger partial charge on any atom is 0.156 e. The summed E-state index contributed by atoms with van der Waals surface area (Å²) in [6, 6.07) is 27.6. The predicted octanol–water partition coefficient (Wildman–Crippen LogP) is 6.18. The fourth-order valence-electron chi connectivity index (χ4n) is 3.48. The van der Waals surface area contributed by atoms with Crippen molar-refractivity contribution in [2.45, 2.75) is 18.8 Å². The molecule has 32 heavy (non-hydrogen) atoms. The molecule has 0 aromatic heterocycles. The summed E-state index contributed by atoms with van der Waals surface area (Å²) in [4.78, 5) is 27.5. The van der Waals surface area contributed by atoms with Crippen molar-refractivity contribution in [1.29, 1.82) is 0 Å². The number of hydrogen-bond donors (Lipinski definition) is 0. The zero-order valence-electron chi connectivity index (χ0n) is 18.6. The Morgan fingerprint density at radius 3 is 1.53 bits per heavy atom. The first-order chi connectivity index (χ1) is 15.5. The summed E-state index contributed by atoms with van der Waals surface area (Å²) in [5.41, 5.74) is 4.04. The Kier molecular flexibility index (Phi) is 8.33. The van der Waals surface area contributed by atoms with Gasteiger partial charge in [-0.05, 0) is 46.9 Å². The molecule has 0 atom stereocenters. The second kappa shape index (κ2) is 11.6. The Morgan fingerprint density at radius 2 is 1.12 bits per heavy atom. The van der Waals surface area contributed by atoms with Crippen molar-refractivity contribution in [2.75, 3.05) is 19.0 Å². The lowest BCUT2D eigenvalue weighted by Crippen LogP contribution is -2.11. The minimum absolute atomic E-state index is 0.00961. The van der Waals surface area contributed by atoms with E-state index in [1.807, 2.05) is 116 Å². The highest BCUT2D eigenvalue weighted by atomic mass is 16.1. The van der Waals surface area contributed by atoms with E-state index >= 15 is 0 Å². The standard InChI is InChI=1S/C29H29NO2/c1-30(2)27-17-15-25(16-18-27)26(21-28(31)19-13-23-9-5-3-6-10-23)22-29(32)20-14-24-11-7-4-8-12-24/h3-20,26H,21-22H2,1-2H3/b19-13+,20-14+. The van der Waals surface area contributed by atoms with Crippen molar-refractivity contribution >= 4 is 29.4 Å². The van der Waals surface area contributed by atoms with Crippen LogP contribution in [0.5, 0.6) is 0 Å². The van der Waals surface area contributed by atoms with E-state index in [0.29, 0.717) is 0 Å². The Bertz CT molecular complexity index is 1000. The third kappa shape index (κ3) is 7.21. The predicted molar refractivity (Wildman–Crippen MR) is 134 cm³/mol. The molecule has 3 aromatic carbocycles. The van der Waals surface area contributed by atoms with Gasteiger partial charge in [-0.25, -0.2) is 0 Å². The molecule has 3 nitrogen and oxygen atoms in total. The van der Waals surface area contributed by atoms with Crippen LogP contribution < -0.4 is 4.90 Å². The van der Waals surface area contributed by atoms with Gasteiger partial charge in [0, 0.05) is 32.6 Å². The van der Waals surface area contributed by atoms with Gasteiger partial charge >= 0.3 is 0 Å². The molecule has 0 aliphatic heterocycles. The molecule has 0 saturated carbocycles. The number of hydrogen-bond acceptors (Lipinski definition) is 3. The third-order valence-corrected chi connectivity index (χ3v) is 5.30. The topological polar surface area (TPSA) is 37.4 Å². The highest BCUT2D eigenvalue weighted by Crippen LogP contribution is 2.27. The number of nitrogens with zero attached hydrogens (tertiary/aromatic N) is 1. The van der Waals surface area contributed by atoms with Gasteiger partial charge < -0.3 is 4.90 Å². The molecule has 0 saturated heterocycles. The third-order valence-electron chi connectivity index (χ3n) is 5.30. The summed E-state index contributed by atoms with van der Waals surface area (Å²) >= 11 is 0. The second-order valence-electron chi connectivity index (χ2n) is 8.01. The summed E-state index contributed by atoms with van der Waals surface area (Å²) in [6.07, 6.45) is 7.45. The van der Waals surface area contributed by atoms with Gasteiger partial charge in [-0.15, -0.1) is 0 Å². The summed E-state index contributed by atoms with van der Waals surface area (Å²) in [7, 11) is 3.98. The van der Waals surface area contributed by atoms with Crippen LogP contribution in [0.1, 0.15) is 35.4 Å². The van der Waals surface area contributed by atoms with Crippen LogP contribution in [0.4, 0.5) is 5.69 Å². The molecule has 0 spiro atoms.